The maximum atomic E-state index is 12.7. The normalized spacial score (nSPS) is 18.3. The van der Waals surface area contributed by atoms with E-state index in [-0.39, 0.29) is 5.69 Å². The van der Waals surface area contributed by atoms with Gasteiger partial charge in [0.15, 0.2) is 0 Å². The minimum absolute atomic E-state index is 0.131. The summed E-state index contributed by atoms with van der Waals surface area (Å²) in [5.74, 6) is -0.478. The number of amides is 1. The number of nitrogens with two attached hydrogens (primary N) is 1. The van der Waals surface area contributed by atoms with E-state index in [9.17, 15) is 18.0 Å². The Morgan fingerprint density at radius 3 is 2.52 bits per heavy atom. The average molecular weight is 302 g/mol. The van der Waals surface area contributed by atoms with Gasteiger partial charge in [0, 0.05) is 18.9 Å². The van der Waals surface area contributed by atoms with E-state index in [4.69, 9.17) is 10.5 Å². The standard InChI is InChI=1S/C14H17F3N2O2/c1-9-2-3-10(14(15,16)17)8-11(9)19-12(20)13(18)4-6-21-7-5-13/h2-3,8H,4-7,18H2,1H3,(H,19,20). The van der Waals surface area contributed by atoms with Crippen LogP contribution in [0.5, 0.6) is 0 Å². The highest BCUT2D eigenvalue weighted by Gasteiger charge is 2.36. The van der Waals surface area contributed by atoms with Gasteiger partial charge in [-0.15, -0.1) is 0 Å². The van der Waals surface area contributed by atoms with E-state index in [1.165, 1.54) is 6.07 Å². The second kappa shape index (κ2) is 5.65. The Hall–Kier alpha value is -1.60. The Morgan fingerprint density at radius 1 is 1.33 bits per heavy atom. The van der Waals surface area contributed by atoms with Crippen molar-refractivity contribution in [2.75, 3.05) is 18.5 Å². The summed E-state index contributed by atoms with van der Waals surface area (Å²) >= 11 is 0. The highest BCUT2D eigenvalue weighted by atomic mass is 19.4. The molecule has 2 rings (SSSR count). The zero-order chi connectivity index (χ0) is 15.7. The second-order valence-electron chi connectivity index (χ2n) is 5.25. The van der Waals surface area contributed by atoms with Crippen LogP contribution >= 0.6 is 0 Å². The van der Waals surface area contributed by atoms with Gasteiger partial charge in [-0.25, -0.2) is 0 Å². The third-order valence-electron chi connectivity index (χ3n) is 3.65. The van der Waals surface area contributed by atoms with E-state index in [0.29, 0.717) is 31.6 Å². The molecule has 7 heteroatoms. The maximum Gasteiger partial charge on any atom is 0.416 e. The number of ether oxygens (including phenoxy) is 1. The van der Waals surface area contributed by atoms with Gasteiger partial charge < -0.3 is 15.8 Å². The minimum atomic E-state index is -4.45. The quantitative estimate of drug-likeness (QED) is 0.882. The van der Waals surface area contributed by atoms with Gasteiger partial charge >= 0.3 is 6.18 Å². The first-order valence-corrected chi connectivity index (χ1v) is 6.58. The van der Waals surface area contributed by atoms with Crippen LogP contribution in [0.2, 0.25) is 0 Å². The van der Waals surface area contributed by atoms with Crippen molar-refractivity contribution in [3.05, 3.63) is 29.3 Å². The molecule has 1 aliphatic heterocycles. The molecule has 0 bridgehead atoms. The molecule has 1 aromatic carbocycles. The Morgan fingerprint density at radius 2 is 1.95 bits per heavy atom. The fraction of sp³-hybridized carbons (Fsp3) is 0.500. The van der Waals surface area contributed by atoms with Gasteiger partial charge in [0.1, 0.15) is 5.54 Å². The summed E-state index contributed by atoms with van der Waals surface area (Å²) in [6.07, 6.45) is -3.76. The molecule has 0 aliphatic carbocycles. The highest BCUT2D eigenvalue weighted by Crippen LogP contribution is 2.32. The molecule has 0 unspecified atom stereocenters. The molecule has 1 fully saturated rings. The smallest absolute Gasteiger partial charge is 0.381 e. The van der Waals surface area contributed by atoms with Gasteiger partial charge in [-0.2, -0.15) is 13.2 Å². The third kappa shape index (κ3) is 3.54. The molecule has 0 radical (unpaired) electrons. The van der Waals surface area contributed by atoms with Crippen LogP contribution in [-0.2, 0) is 15.7 Å². The lowest BCUT2D eigenvalue weighted by Crippen LogP contribution is -2.54. The van der Waals surface area contributed by atoms with Crippen LogP contribution in [0.15, 0.2) is 18.2 Å². The molecule has 1 heterocycles. The number of aryl methyl sites for hydroxylation is 1. The van der Waals surface area contributed by atoms with Crippen molar-refractivity contribution in [3.63, 3.8) is 0 Å². The number of hydrogen-bond donors (Lipinski definition) is 2. The Bertz CT molecular complexity index is 538. The van der Waals surface area contributed by atoms with Gasteiger partial charge in [0.05, 0.1) is 5.56 Å². The number of benzene rings is 1. The number of carbonyl (C=O) groups is 1. The van der Waals surface area contributed by atoms with E-state index in [2.05, 4.69) is 5.32 Å². The van der Waals surface area contributed by atoms with Crippen LogP contribution in [0, 0.1) is 6.92 Å². The van der Waals surface area contributed by atoms with Crippen LogP contribution < -0.4 is 11.1 Å². The first-order valence-electron chi connectivity index (χ1n) is 6.58. The van der Waals surface area contributed by atoms with Crippen LogP contribution in [0.3, 0.4) is 0 Å². The van der Waals surface area contributed by atoms with Crippen molar-refractivity contribution in [1.29, 1.82) is 0 Å². The van der Waals surface area contributed by atoms with Gasteiger partial charge in [-0.1, -0.05) is 6.07 Å². The summed E-state index contributed by atoms with van der Waals surface area (Å²) in [5, 5.41) is 2.51. The van der Waals surface area contributed by atoms with Gasteiger partial charge in [0.2, 0.25) is 5.91 Å². The Kier molecular flexibility index (Phi) is 4.25. The molecule has 0 spiro atoms. The lowest BCUT2D eigenvalue weighted by atomic mass is 9.90. The zero-order valence-corrected chi connectivity index (χ0v) is 11.6. The van der Waals surface area contributed by atoms with Gasteiger partial charge in [-0.05, 0) is 37.5 Å². The second-order valence-corrected chi connectivity index (χ2v) is 5.25. The van der Waals surface area contributed by atoms with Crippen molar-refractivity contribution >= 4 is 11.6 Å². The Balaban J connectivity index is 2.20. The number of nitrogens with one attached hydrogen (secondary N) is 1. The molecule has 4 nitrogen and oxygen atoms in total. The molecule has 116 valence electrons. The first kappa shape index (κ1) is 15.8. The molecular formula is C14H17F3N2O2. The molecule has 1 aromatic rings. The summed E-state index contributed by atoms with van der Waals surface area (Å²) < 4.78 is 43.3. The molecule has 1 saturated heterocycles. The molecule has 0 aromatic heterocycles. The predicted molar refractivity (Wildman–Crippen MR) is 71.8 cm³/mol. The van der Waals surface area contributed by atoms with E-state index >= 15 is 0 Å². The molecule has 1 amide bonds. The van der Waals surface area contributed by atoms with Gasteiger partial charge in [-0.3, -0.25) is 4.79 Å². The maximum absolute atomic E-state index is 12.7. The number of halogens is 3. The average Bonchev–Trinajstić information content (AvgIpc) is 2.40. The number of alkyl halides is 3. The molecule has 21 heavy (non-hydrogen) atoms. The van der Waals surface area contributed by atoms with Crippen molar-refractivity contribution in [3.8, 4) is 0 Å². The van der Waals surface area contributed by atoms with Crippen LogP contribution in [0.25, 0.3) is 0 Å². The lowest BCUT2D eigenvalue weighted by molar-refractivity contribution is -0.137. The molecule has 0 saturated carbocycles. The van der Waals surface area contributed by atoms with Crippen LogP contribution in [0.1, 0.15) is 24.0 Å². The van der Waals surface area contributed by atoms with Crippen LogP contribution in [-0.4, -0.2) is 24.7 Å². The fourth-order valence-electron chi connectivity index (χ4n) is 2.14. The third-order valence-corrected chi connectivity index (χ3v) is 3.65. The van der Waals surface area contributed by atoms with E-state index in [0.717, 1.165) is 12.1 Å². The van der Waals surface area contributed by atoms with Crippen molar-refractivity contribution in [1.82, 2.24) is 0 Å². The van der Waals surface area contributed by atoms with Crippen LogP contribution in [0.4, 0.5) is 18.9 Å². The molecule has 1 aliphatic rings. The topological polar surface area (TPSA) is 64.4 Å². The lowest BCUT2D eigenvalue weighted by Gasteiger charge is -2.32. The first-order chi connectivity index (χ1) is 9.72. The summed E-state index contributed by atoms with van der Waals surface area (Å²) in [5.41, 5.74) is 4.79. The Labute approximate surface area is 120 Å². The van der Waals surface area contributed by atoms with Crippen molar-refractivity contribution < 1.29 is 22.7 Å². The van der Waals surface area contributed by atoms with E-state index < -0.39 is 23.2 Å². The van der Waals surface area contributed by atoms with Crippen molar-refractivity contribution in [2.45, 2.75) is 31.5 Å². The zero-order valence-electron chi connectivity index (χ0n) is 11.6. The number of anilines is 1. The fourth-order valence-corrected chi connectivity index (χ4v) is 2.14. The number of carbonyl (C=O) groups excluding carboxylic acids is 1. The summed E-state index contributed by atoms with van der Waals surface area (Å²) in [6, 6.07) is 3.24. The number of hydrogen-bond acceptors (Lipinski definition) is 3. The largest absolute Gasteiger partial charge is 0.416 e. The summed E-state index contributed by atoms with van der Waals surface area (Å²) in [6.45, 7) is 2.36. The summed E-state index contributed by atoms with van der Waals surface area (Å²) in [7, 11) is 0. The van der Waals surface area contributed by atoms with E-state index in [1.807, 2.05) is 0 Å². The number of rotatable bonds is 2. The monoisotopic (exact) mass is 302 g/mol. The molecule has 3 N–H and O–H groups in total. The highest BCUT2D eigenvalue weighted by molar-refractivity contribution is 5.98. The summed E-state index contributed by atoms with van der Waals surface area (Å²) in [4.78, 5) is 12.2. The van der Waals surface area contributed by atoms with Crippen molar-refractivity contribution in [2.24, 2.45) is 5.73 Å². The molecular weight excluding hydrogens is 285 g/mol. The SMILES string of the molecule is Cc1ccc(C(F)(F)F)cc1NC(=O)C1(N)CCOCC1. The molecule has 0 atom stereocenters. The minimum Gasteiger partial charge on any atom is -0.381 e. The predicted octanol–water partition coefficient (Wildman–Crippen LogP) is 2.46. The van der Waals surface area contributed by atoms with Gasteiger partial charge in [0.25, 0.3) is 0 Å². The van der Waals surface area contributed by atoms with E-state index in [1.54, 1.807) is 6.92 Å².